The van der Waals surface area contributed by atoms with Crippen molar-refractivity contribution in [1.82, 2.24) is 0 Å². The Kier molecular flexibility index (Phi) is 3.01. The van der Waals surface area contributed by atoms with E-state index in [1.807, 2.05) is 0 Å². The molecular weight excluding hydrogens is 211 g/mol. The van der Waals surface area contributed by atoms with Crippen LogP contribution in [-0.2, 0) is 4.74 Å². The van der Waals surface area contributed by atoms with Gasteiger partial charge in [-0.05, 0) is 6.42 Å². The van der Waals surface area contributed by atoms with Crippen LogP contribution in [0, 0.1) is 5.92 Å². The maximum Gasteiger partial charge on any atom is 0.453 e. The standard InChI is InChI=1S/C7H9F5O2/c8-6(9,7(10,11)12)4-1-2-14-5(13)3-4/h4-5,13H,1-3H2. The first-order chi connectivity index (χ1) is 6.25. The van der Waals surface area contributed by atoms with Gasteiger partial charge in [0.1, 0.15) is 0 Å². The number of rotatable bonds is 1. The predicted octanol–water partition coefficient (Wildman–Crippen LogP) is 1.93. The van der Waals surface area contributed by atoms with Gasteiger partial charge in [0.25, 0.3) is 0 Å². The van der Waals surface area contributed by atoms with Gasteiger partial charge >= 0.3 is 12.1 Å². The third kappa shape index (κ3) is 2.14. The molecule has 84 valence electrons. The van der Waals surface area contributed by atoms with Crippen molar-refractivity contribution in [3.63, 3.8) is 0 Å². The van der Waals surface area contributed by atoms with Crippen LogP contribution in [0.2, 0.25) is 0 Å². The Bertz CT molecular complexity index is 203. The summed E-state index contributed by atoms with van der Waals surface area (Å²) in [7, 11) is 0. The van der Waals surface area contributed by atoms with Crippen molar-refractivity contribution in [3.05, 3.63) is 0 Å². The molecule has 1 fully saturated rings. The Morgan fingerprint density at radius 3 is 2.14 bits per heavy atom. The highest BCUT2D eigenvalue weighted by molar-refractivity contribution is 4.86. The van der Waals surface area contributed by atoms with Crippen molar-refractivity contribution in [1.29, 1.82) is 0 Å². The molecule has 1 aliphatic rings. The number of aliphatic hydroxyl groups is 1. The van der Waals surface area contributed by atoms with E-state index >= 15 is 0 Å². The summed E-state index contributed by atoms with van der Waals surface area (Å²) in [4.78, 5) is 0. The Morgan fingerprint density at radius 1 is 1.14 bits per heavy atom. The van der Waals surface area contributed by atoms with Gasteiger partial charge in [-0.2, -0.15) is 22.0 Å². The van der Waals surface area contributed by atoms with Crippen molar-refractivity contribution in [2.45, 2.75) is 31.2 Å². The minimum Gasteiger partial charge on any atom is -0.368 e. The van der Waals surface area contributed by atoms with E-state index in [9.17, 15) is 22.0 Å². The van der Waals surface area contributed by atoms with Gasteiger partial charge in [0.05, 0.1) is 6.61 Å². The van der Waals surface area contributed by atoms with Crippen molar-refractivity contribution in [3.8, 4) is 0 Å². The zero-order valence-electron chi connectivity index (χ0n) is 7.02. The minimum absolute atomic E-state index is 0.280. The van der Waals surface area contributed by atoms with E-state index < -0.39 is 37.1 Å². The van der Waals surface area contributed by atoms with Gasteiger partial charge in [0, 0.05) is 12.3 Å². The molecule has 7 heteroatoms. The fourth-order valence-electron chi connectivity index (χ4n) is 1.34. The lowest BCUT2D eigenvalue weighted by Gasteiger charge is -2.33. The highest BCUT2D eigenvalue weighted by Crippen LogP contribution is 2.45. The lowest BCUT2D eigenvalue weighted by atomic mass is 9.92. The van der Waals surface area contributed by atoms with Crippen LogP contribution >= 0.6 is 0 Å². The van der Waals surface area contributed by atoms with E-state index in [2.05, 4.69) is 4.74 Å². The third-order valence-corrected chi connectivity index (χ3v) is 2.15. The van der Waals surface area contributed by atoms with Gasteiger partial charge in [-0.25, -0.2) is 0 Å². The summed E-state index contributed by atoms with van der Waals surface area (Å²) in [6, 6.07) is 0. The molecule has 1 saturated heterocycles. The SMILES string of the molecule is OC1CC(C(F)(F)C(F)(F)F)CCO1. The zero-order chi connectivity index (χ0) is 11.0. The van der Waals surface area contributed by atoms with E-state index in [0.29, 0.717) is 0 Å². The van der Waals surface area contributed by atoms with Gasteiger partial charge in [0.2, 0.25) is 0 Å². The summed E-state index contributed by atoms with van der Waals surface area (Å²) in [6.07, 6.45) is -8.17. The van der Waals surface area contributed by atoms with Crippen LogP contribution in [0.15, 0.2) is 0 Å². The minimum atomic E-state index is -5.56. The maximum atomic E-state index is 12.7. The number of hydrogen-bond acceptors (Lipinski definition) is 2. The number of hydrogen-bond donors (Lipinski definition) is 1. The molecule has 0 spiro atoms. The maximum absolute atomic E-state index is 12.7. The van der Waals surface area contributed by atoms with Gasteiger partial charge in [-0.15, -0.1) is 0 Å². The smallest absolute Gasteiger partial charge is 0.368 e. The molecule has 1 aliphatic heterocycles. The zero-order valence-corrected chi connectivity index (χ0v) is 7.02. The van der Waals surface area contributed by atoms with E-state index in [1.54, 1.807) is 0 Å². The van der Waals surface area contributed by atoms with E-state index in [-0.39, 0.29) is 6.61 Å². The first-order valence-electron chi connectivity index (χ1n) is 3.99. The Labute approximate surface area is 76.7 Å². The number of alkyl halides is 5. The van der Waals surface area contributed by atoms with Gasteiger partial charge in [0.15, 0.2) is 6.29 Å². The second-order valence-electron chi connectivity index (χ2n) is 3.17. The third-order valence-electron chi connectivity index (χ3n) is 2.15. The molecule has 2 atom stereocenters. The topological polar surface area (TPSA) is 29.5 Å². The first kappa shape index (κ1) is 11.6. The predicted molar refractivity (Wildman–Crippen MR) is 35.7 cm³/mol. The molecule has 1 heterocycles. The lowest BCUT2D eigenvalue weighted by molar-refractivity contribution is -0.316. The van der Waals surface area contributed by atoms with Crippen molar-refractivity contribution < 1.29 is 31.8 Å². The molecule has 0 aromatic carbocycles. The van der Waals surface area contributed by atoms with Crippen LogP contribution in [0.4, 0.5) is 22.0 Å². The molecule has 2 nitrogen and oxygen atoms in total. The molecule has 14 heavy (non-hydrogen) atoms. The molecule has 0 bridgehead atoms. The summed E-state index contributed by atoms with van der Waals surface area (Å²) in [5.41, 5.74) is 0. The second kappa shape index (κ2) is 3.62. The van der Waals surface area contributed by atoms with Crippen LogP contribution in [0.5, 0.6) is 0 Å². The fraction of sp³-hybridized carbons (Fsp3) is 1.00. The van der Waals surface area contributed by atoms with Gasteiger partial charge in [-0.3, -0.25) is 0 Å². The molecule has 2 unspecified atom stereocenters. The normalized spacial score (nSPS) is 30.4. The molecule has 0 saturated carbocycles. The lowest BCUT2D eigenvalue weighted by Crippen LogP contribution is -2.47. The van der Waals surface area contributed by atoms with Crippen LogP contribution < -0.4 is 0 Å². The first-order valence-corrected chi connectivity index (χ1v) is 3.99. The summed E-state index contributed by atoms with van der Waals surface area (Å²) in [6.45, 7) is -0.280. The molecule has 1 rings (SSSR count). The fourth-order valence-corrected chi connectivity index (χ4v) is 1.34. The highest BCUT2D eigenvalue weighted by Gasteiger charge is 2.62. The average Bonchev–Trinajstić information content (AvgIpc) is 2.02. The molecule has 0 amide bonds. The van der Waals surface area contributed by atoms with Crippen LogP contribution in [0.1, 0.15) is 12.8 Å². The van der Waals surface area contributed by atoms with Crippen LogP contribution in [0.3, 0.4) is 0 Å². The van der Waals surface area contributed by atoms with E-state index in [4.69, 9.17) is 5.11 Å². The molecule has 0 radical (unpaired) electrons. The Hall–Kier alpha value is -0.430. The van der Waals surface area contributed by atoms with Crippen molar-refractivity contribution in [2.24, 2.45) is 5.92 Å². The highest BCUT2D eigenvalue weighted by atomic mass is 19.4. The Balaban J connectivity index is 2.71. The molecule has 0 aromatic heterocycles. The summed E-state index contributed by atoms with van der Waals surface area (Å²) >= 11 is 0. The van der Waals surface area contributed by atoms with E-state index in [0.717, 1.165) is 0 Å². The largest absolute Gasteiger partial charge is 0.453 e. The number of halogens is 5. The Morgan fingerprint density at radius 2 is 1.71 bits per heavy atom. The van der Waals surface area contributed by atoms with Gasteiger partial charge in [-0.1, -0.05) is 0 Å². The average molecular weight is 220 g/mol. The van der Waals surface area contributed by atoms with Crippen LogP contribution in [-0.4, -0.2) is 30.1 Å². The number of ether oxygens (including phenoxy) is 1. The van der Waals surface area contributed by atoms with Crippen molar-refractivity contribution in [2.75, 3.05) is 6.61 Å². The molecular formula is C7H9F5O2. The summed E-state index contributed by atoms with van der Waals surface area (Å²) < 4.78 is 65.5. The quantitative estimate of drug-likeness (QED) is 0.684. The number of aliphatic hydroxyl groups excluding tert-OH is 1. The second-order valence-corrected chi connectivity index (χ2v) is 3.17. The van der Waals surface area contributed by atoms with Crippen LogP contribution in [0.25, 0.3) is 0 Å². The van der Waals surface area contributed by atoms with E-state index in [1.165, 1.54) is 0 Å². The molecule has 0 aromatic rings. The van der Waals surface area contributed by atoms with Crippen molar-refractivity contribution >= 4 is 0 Å². The monoisotopic (exact) mass is 220 g/mol. The molecule has 1 N–H and O–H groups in total. The molecule has 0 aliphatic carbocycles. The summed E-state index contributed by atoms with van der Waals surface area (Å²) in [5, 5.41) is 8.79. The van der Waals surface area contributed by atoms with Gasteiger partial charge < -0.3 is 9.84 Å². The summed E-state index contributed by atoms with van der Waals surface area (Å²) in [5.74, 6) is -6.65.